The van der Waals surface area contributed by atoms with Crippen molar-refractivity contribution in [2.45, 2.75) is 52.4 Å². The zero-order valence-electron chi connectivity index (χ0n) is 18.4. The first-order chi connectivity index (χ1) is 14.8. The van der Waals surface area contributed by atoms with Crippen LogP contribution in [-0.2, 0) is 11.3 Å². The van der Waals surface area contributed by atoms with Crippen molar-refractivity contribution in [1.29, 1.82) is 0 Å². The SMILES string of the molecule is CCn1c(SCC(=O)Nc2c(C)cccc2C)nnc1C(C)Oc1ccc(Cl)c(C)c1. The van der Waals surface area contributed by atoms with Crippen molar-refractivity contribution in [3.63, 3.8) is 0 Å². The highest BCUT2D eigenvalue weighted by atomic mass is 35.5. The summed E-state index contributed by atoms with van der Waals surface area (Å²) in [6.07, 6.45) is -0.300. The van der Waals surface area contributed by atoms with E-state index in [1.54, 1.807) is 0 Å². The fraction of sp³-hybridized carbons (Fsp3) is 0.348. The van der Waals surface area contributed by atoms with Crippen molar-refractivity contribution in [3.8, 4) is 5.75 Å². The topological polar surface area (TPSA) is 69.0 Å². The van der Waals surface area contributed by atoms with E-state index >= 15 is 0 Å². The third-order valence-electron chi connectivity index (χ3n) is 4.95. The van der Waals surface area contributed by atoms with E-state index in [4.69, 9.17) is 16.3 Å². The van der Waals surface area contributed by atoms with E-state index in [1.165, 1.54) is 11.8 Å². The molecule has 0 aliphatic carbocycles. The number of hydrogen-bond donors (Lipinski definition) is 1. The molecule has 8 heteroatoms. The summed E-state index contributed by atoms with van der Waals surface area (Å²) in [7, 11) is 0. The smallest absolute Gasteiger partial charge is 0.234 e. The summed E-state index contributed by atoms with van der Waals surface area (Å²) in [4.78, 5) is 12.5. The number of ether oxygens (including phenoxy) is 1. The molecular formula is C23H27ClN4O2S. The van der Waals surface area contributed by atoms with Crippen LogP contribution in [-0.4, -0.2) is 26.4 Å². The van der Waals surface area contributed by atoms with Gasteiger partial charge in [-0.25, -0.2) is 0 Å². The highest BCUT2D eigenvalue weighted by Crippen LogP contribution is 2.27. The van der Waals surface area contributed by atoms with Gasteiger partial charge in [-0.2, -0.15) is 0 Å². The van der Waals surface area contributed by atoms with Crippen LogP contribution in [0.2, 0.25) is 5.02 Å². The average Bonchev–Trinajstić information content (AvgIpc) is 3.15. The maximum absolute atomic E-state index is 12.5. The molecule has 1 unspecified atom stereocenters. The van der Waals surface area contributed by atoms with Crippen molar-refractivity contribution < 1.29 is 9.53 Å². The van der Waals surface area contributed by atoms with E-state index in [0.717, 1.165) is 28.1 Å². The molecule has 1 heterocycles. The second-order valence-electron chi connectivity index (χ2n) is 7.36. The molecule has 1 atom stereocenters. The maximum atomic E-state index is 12.5. The van der Waals surface area contributed by atoms with Crippen molar-refractivity contribution in [2.24, 2.45) is 0 Å². The number of nitrogens with zero attached hydrogens (tertiary/aromatic N) is 3. The first kappa shape index (κ1) is 23.2. The van der Waals surface area contributed by atoms with Crippen LogP contribution in [0.4, 0.5) is 5.69 Å². The average molecular weight is 459 g/mol. The molecule has 1 N–H and O–H groups in total. The fourth-order valence-corrected chi connectivity index (χ4v) is 4.20. The number of nitrogens with one attached hydrogen (secondary N) is 1. The van der Waals surface area contributed by atoms with E-state index in [9.17, 15) is 4.79 Å². The number of para-hydroxylation sites is 1. The van der Waals surface area contributed by atoms with Gasteiger partial charge in [-0.3, -0.25) is 4.79 Å². The van der Waals surface area contributed by atoms with Gasteiger partial charge in [-0.05, 0) is 69.5 Å². The lowest BCUT2D eigenvalue weighted by molar-refractivity contribution is -0.113. The molecule has 6 nitrogen and oxygen atoms in total. The Labute approximate surface area is 192 Å². The summed E-state index contributed by atoms with van der Waals surface area (Å²) in [5.41, 5.74) is 3.90. The van der Waals surface area contributed by atoms with Crippen molar-refractivity contribution in [2.75, 3.05) is 11.1 Å². The first-order valence-electron chi connectivity index (χ1n) is 10.1. The minimum Gasteiger partial charge on any atom is -0.483 e. The molecule has 0 radical (unpaired) electrons. The Morgan fingerprint density at radius 1 is 1.16 bits per heavy atom. The van der Waals surface area contributed by atoms with Gasteiger partial charge in [0.25, 0.3) is 0 Å². The van der Waals surface area contributed by atoms with Gasteiger partial charge in [0.05, 0.1) is 5.75 Å². The molecule has 0 bridgehead atoms. The number of amides is 1. The zero-order valence-corrected chi connectivity index (χ0v) is 20.0. The van der Waals surface area contributed by atoms with Gasteiger partial charge in [0.15, 0.2) is 17.1 Å². The van der Waals surface area contributed by atoms with Crippen LogP contribution >= 0.6 is 23.4 Å². The standard InChI is InChI=1S/C23H27ClN4O2S/c1-6-28-22(17(5)30-18-10-11-19(24)16(4)12-18)26-27-23(28)31-13-20(29)25-21-14(2)8-7-9-15(21)3/h7-12,17H,6,13H2,1-5H3,(H,25,29). The van der Waals surface area contributed by atoms with E-state index < -0.39 is 0 Å². The quantitative estimate of drug-likeness (QED) is 0.435. The number of aryl methyl sites for hydroxylation is 3. The molecule has 0 saturated heterocycles. The first-order valence-corrected chi connectivity index (χ1v) is 11.5. The predicted molar refractivity (Wildman–Crippen MR) is 126 cm³/mol. The number of thioether (sulfide) groups is 1. The molecule has 0 aliphatic heterocycles. The number of halogens is 1. The second-order valence-corrected chi connectivity index (χ2v) is 8.71. The molecule has 0 fully saturated rings. The van der Waals surface area contributed by atoms with Crippen LogP contribution in [0.5, 0.6) is 5.75 Å². The number of anilines is 1. The van der Waals surface area contributed by atoms with E-state index in [2.05, 4.69) is 15.5 Å². The van der Waals surface area contributed by atoms with Crippen LogP contribution in [0.3, 0.4) is 0 Å². The number of carbonyl (C=O) groups excluding carboxylic acids is 1. The Morgan fingerprint density at radius 2 is 1.87 bits per heavy atom. The normalized spacial score (nSPS) is 11.9. The zero-order chi connectivity index (χ0) is 22.5. The lowest BCUT2D eigenvalue weighted by atomic mass is 10.1. The van der Waals surface area contributed by atoms with Gasteiger partial charge >= 0.3 is 0 Å². The summed E-state index contributed by atoms with van der Waals surface area (Å²) in [5.74, 6) is 1.61. The van der Waals surface area contributed by atoms with Crippen LogP contribution in [0.25, 0.3) is 0 Å². The van der Waals surface area contributed by atoms with Crippen molar-refractivity contribution >= 4 is 35.0 Å². The largest absolute Gasteiger partial charge is 0.483 e. The molecular weight excluding hydrogens is 432 g/mol. The molecule has 1 aromatic heterocycles. The Hall–Kier alpha value is -2.51. The van der Waals surface area contributed by atoms with E-state index in [1.807, 2.05) is 75.6 Å². The van der Waals surface area contributed by atoms with E-state index in [-0.39, 0.29) is 17.8 Å². The van der Waals surface area contributed by atoms with Gasteiger partial charge in [0.2, 0.25) is 5.91 Å². The Kier molecular flexibility index (Phi) is 7.62. The Morgan fingerprint density at radius 3 is 2.52 bits per heavy atom. The molecule has 0 aliphatic rings. The van der Waals surface area contributed by atoms with Gasteiger partial charge in [0.1, 0.15) is 5.75 Å². The highest BCUT2D eigenvalue weighted by Gasteiger charge is 2.20. The summed E-state index contributed by atoms with van der Waals surface area (Å²) in [6, 6.07) is 11.5. The maximum Gasteiger partial charge on any atom is 0.234 e. The summed E-state index contributed by atoms with van der Waals surface area (Å²) in [6.45, 7) is 10.5. The van der Waals surface area contributed by atoms with Crippen LogP contribution < -0.4 is 10.1 Å². The number of rotatable bonds is 8. The summed E-state index contributed by atoms with van der Waals surface area (Å²) in [5, 5.41) is 13.0. The molecule has 3 rings (SSSR count). The van der Waals surface area contributed by atoms with Gasteiger partial charge in [0, 0.05) is 17.3 Å². The molecule has 2 aromatic carbocycles. The third kappa shape index (κ3) is 5.60. The molecule has 3 aromatic rings. The third-order valence-corrected chi connectivity index (χ3v) is 6.34. The molecule has 164 valence electrons. The van der Waals surface area contributed by atoms with Crippen molar-refractivity contribution in [3.05, 3.63) is 63.9 Å². The van der Waals surface area contributed by atoms with E-state index in [0.29, 0.717) is 22.5 Å². The van der Waals surface area contributed by atoms with Gasteiger partial charge in [-0.1, -0.05) is 41.6 Å². The Bertz CT molecular complexity index is 1060. The number of carbonyl (C=O) groups is 1. The van der Waals surface area contributed by atoms with Gasteiger partial charge in [-0.15, -0.1) is 10.2 Å². The lowest BCUT2D eigenvalue weighted by Crippen LogP contribution is -2.16. The Balaban J connectivity index is 1.66. The predicted octanol–water partition coefficient (Wildman–Crippen LogP) is 5.75. The van der Waals surface area contributed by atoms with Crippen molar-refractivity contribution in [1.82, 2.24) is 14.8 Å². The molecule has 31 heavy (non-hydrogen) atoms. The number of aromatic nitrogens is 3. The van der Waals surface area contributed by atoms with Crippen LogP contribution in [0.1, 0.15) is 42.5 Å². The van der Waals surface area contributed by atoms with Gasteiger partial charge < -0.3 is 14.6 Å². The summed E-state index contributed by atoms with van der Waals surface area (Å²) < 4.78 is 8.03. The minimum atomic E-state index is -0.300. The highest BCUT2D eigenvalue weighted by molar-refractivity contribution is 7.99. The number of hydrogen-bond acceptors (Lipinski definition) is 5. The lowest BCUT2D eigenvalue weighted by Gasteiger charge is -2.16. The fourth-order valence-electron chi connectivity index (χ4n) is 3.27. The minimum absolute atomic E-state index is 0.0736. The molecule has 1 amide bonds. The monoisotopic (exact) mass is 458 g/mol. The van der Waals surface area contributed by atoms with Crippen LogP contribution in [0.15, 0.2) is 41.6 Å². The van der Waals surface area contributed by atoms with Crippen LogP contribution in [0, 0.1) is 20.8 Å². The number of benzene rings is 2. The molecule has 0 spiro atoms. The second kappa shape index (κ2) is 10.2. The molecule has 0 saturated carbocycles. The summed E-state index contributed by atoms with van der Waals surface area (Å²) >= 11 is 7.46.